The molecule has 0 N–H and O–H groups in total. The molecule has 0 aromatic heterocycles. The van der Waals surface area contributed by atoms with Crippen molar-refractivity contribution in [1.82, 2.24) is 0 Å². The van der Waals surface area contributed by atoms with Gasteiger partial charge in [-0.3, -0.25) is 0 Å². The Labute approximate surface area is 820 Å². The summed E-state index contributed by atoms with van der Waals surface area (Å²) in [5.74, 6) is 0. The molecule has 750 valence electrons. The summed E-state index contributed by atoms with van der Waals surface area (Å²) >= 11 is 0. The first-order valence-corrected chi connectivity index (χ1v) is 59.8. The third-order valence-corrected chi connectivity index (χ3v) is 70.9. The molecule has 8 nitrogen and oxygen atoms in total. The second-order valence-electron chi connectivity index (χ2n) is 58.9. The summed E-state index contributed by atoms with van der Waals surface area (Å²) in [5.41, 5.74) is 0. The van der Waals surface area contributed by atoms with E-state index in [4.69, 9.17) is 0 Å². The quantitative estimate of drug-likeness (QED) is 0.148. The van der Waals surface area contributed by atoms with E-state index < -0.39 is 56.4 Å². The van der Waals surface area contributed by atoms with E-state index >= 15 is 0 Å². The van der Waals surface area contributed by atoms with E-state index in [1.807, 2.05) is 0 Å². The third-order valence-electron chi connectivity index (χ3n) is 24.3. The average Bonchev–Trinajstić information content (AvgIpc) is 0.800. The van der Waals surface area contributed by atoms with Crippen molar-refractivity contribution < 1.29 is 68.3 Å². The predicted molar refractivity (Wildman–Crippen MR) is 586 cm³/mol. The molecule has 0 aliphatic carbocycles. The van der Waals surface area contributed by atoms with Crippen LogP contribution in [0.4, 0.5) is 0 Å². The van der Waals surface area contributed by atoms with Gasteiger partial charge in [-0.15, -0.1) is 0 Å². The maximum Gasteiger partial charge on any atom is 2.00 e. The number of rotatable bonds is 3. The normalized spacial score (nSPS) is 14.9. The summed E-state index contributed by atoms with van der Waals surface area (Å²) in [5, 5.41) is 88.8. The summed E-state index contributed by atoms with van der Waals surface area (Å²) in [6, 6.07) is 0. The van der Waals surface area contributed by atoms with Crippen molar-refractivity contribution in [2.45, 2.75) is 662 Å². The van der Waals surface area contributed by atoms with Crippen molar-refractivity contribution in [2.75, 3.05) is 0 Å². The van der Waals surface area contributed by atoms with Crippen molar-refractivity contribution in [1.29, 1.82) is 0 Å². The fourth-order valence-electron chi connectivity index (χ4n) is 24.6. The summed E-state index contributed by atoms with van der Waals surface area (Å²) in [4.78, 5) is 0. The Hall–Kier alpha value is 3.92. The molecule has 0 fully saturated rings. The number of hydrogen-bond acceptors (Lipinski definition) is 0. The minimum absolute atomic E-state index is 0. The van der Waals surface area contributed by atoms with Crippen LogP contribution in [0.15, 0.2) is 0 Å². The molecular weight excluding hydrogens is 1810 g/mol. The smallest absolute Gasteiger partial charge is 0.807 e. The monoisotopic (exact) mass is 2040 g/mol. The van der Waals surface area contributed by atoms with Crippen LogP contribution in [-0.2, 0) is 68.3 Å². The van der Waals surface area contributed by atoms with Crippen LogP contribution < -0.4 is 0 Å². The molecule has 122 heavy (non-hydrogen) atoms. The second-order valence-corrected chi connectivity index (χ2v) is 101. The summed E-state index contributed by atoms with van der Waals surface area (Å²) in [7, 11) is -16.2. The van der Waals surface area contributed by atoms with Crippen molar-refractivity contribution >= 4 is 56.4 Å². The van der Waals surface area contributed by atoms with Crippen LogP contribution in [0.2, 0.25) is 0 Å². The zero-order chi connectivity index (χ0) is 101. The van der Waals surface area contributed by atoms with Crippen LogP contribution >= 0.6 is 56.4 Å². The Morgan fingerprint density at radius 2 is 0.139 bits per heavy atom. The summed E-state index contributed by atoms with van der Waals surface area (Å²) < 4.78 is 0. The molecule has 0 radical (unpaired) electrons. The van der Waals surface area contributed by atoms with Gasteiger partial charge in [0.1, 0.15) is 0 Å². The van der Waals surface area contributed by atoms with E-state index in [1.54, 1.807) is 0 Å². The van der Waals surface area contributed by atoms with Gasteiger partial charge in [-0.1, -0.05) is 538 Å². The fraction of sp³-hybridized carbons (Fsp3) is 1.00. The third kappa shape index (κ3) is 37.7. The average molecular weight is 2040 g/mol. The Morgan fingerprint density at radius 3 is 0.148 bits per heavy atom. The minimum Gasteiger partial charge on any atom is -0.807 e. The molecular formula is C102H230Fe4N8P8. The zero-order valence-corrected chi connectivity index (χ0v) is 109. The molecule has 0 spiro atoms. The molecule has 0 saturated carbocycles. The fourth-order valence-corrected chi connectivity index (χ4v) is 72.9. The molecule has 0 saturated heterocycles. The van der Waals surface area contributed by atoms with E-state index in [-0.39, 0.29) is 192 Å². The molecule has 0 unspecified atom stereocenters. The summed E-state index contributed by atoms with van der Waals surface area (Å²) in [6.07, 6.45) is 5.54. The van der Waals surface area contributed by atoms with Crippen LogP contribution in [0.5, 0.6) is 0 Å². The van der Waals surface area contributed by atoms with Crippen molar-refractivity contribution in [2.24, 2.45) is 0 Å². The Kier molecular flexibility index (Phi) is 60.6. The Bertz CT molecular complexity index is 2390. The molecule has 0 bridgehead atoms. The molecule has 0 aliphatic rings. The van der Waals surface area contributed by atoms with Gasteiger partial charge in [-0.05, 0) is 124 Å². The van der Waals surface area contributed by atoms with Crippen LogP contribution in [0.1, 0.15) is 538 Å². The van der Waals surface area contributed by atoms with Gasteiger partial charge in [0, 0.05) is 0 Å². The number of unbranched alkanes of at least 4 members (excludes halogenated alkanes) is 3. The number of hydrogen-bond donors (Lipinski definition) is 0. The first kappa shape index (κ1) is 154. The van der Waals surface area contributed by atoms with Crippen LogP contribution in [0.25, 0.3) is 41.3 Å². The molecule has 20 heteroatoms. The standard InChI is InChI=1S/8C12H27NP.C6H14.4Fe/c8*1-10(2,3)14(13,11(4,5)6)12(7,8)9;1-3-5-6-4-2;;;;/h8*1-9H3;3-6H2,1-2H3;;;;/q8*-1;;4*+2. The molecule has 0 heterocycles. The first-order valence-electron chi connectivity index (χ1n) is 45.9. The van der Waals surface area contributed by atoms with Gasteiger partial charge in [0.05, 0.1) is 0 Å². The Morgan fingerprint density at radius 1 is 0.107 bits per heavy atom. The van der Waals surface area contributed by atoms with Crippen LogP contribution in [-0.4, -0.2) is 124 Å². The number of nitrogens with zero attached hydrogens (tertiary/aromatic N) is 8. The van der Waals surface area contributed by atoms with E-state index in [0.29, 0.717) is 0 Å². The second kappa shape index (κ2) is 48.0. The van der Waals surface area contributed by atoms with Gasteiger partial charge in [0.15, 0.2) is 0 Å². The summed E-state index contributed by atoms with van der Waals surface area (Å²) in [6.45, 7) is 160. The van der Waals surface area contributed by atoms with E-state index in [1.165, 1.54) is 25.7 Å². The van der Waals surface area contributed by atoms with Gasteiger partial charge in [0.2, 0.25) is 0 Å². The van der Waals surface area contributed by atoms with Gasteiger partial charge >= 0.3 is 68.3 Å². The van der Waals surface area contributed by atoms with Crippen molar-refractivity contribution in [3.05, 3.63) is 41.3 Å². The van der Waals surface area contributed by atoms with Gasteiger partial charge in [-0.2, -0.15) is 0 Å². The van der Waals surface area contributed by atoms with Crippen molar-refractivity contribution in [3.8, 4) is 0 Å². The SMILES string of the molecule is CC(C)(C)P(=[N-])(C(C)(C)C)C(C)(C)C.CC(C)(C)P(=[N-])(C(C)(C)C)C(C)(C)C.CC(C)(C)P(=[N-])(C(C)(C)C)C(C)(C)C.CC(C)(C)P(=[N-])(C(C)(C)C)C(C)(C)C.CC(C)(C)P(=[N-])(C(C)(C)C)C(C)(C)C.CC(C)(C)P(=[N-])(C(C)(C)C)C(C)(C)C.CC(C)(C)P(=[N-])(C(C)(C)C)C(C)(C)C.CC(C)(C)P(=[N-])(C(C)(C)C)C(C)(C)C.CCCCCC.[Fe+2].[Fe+2].[Fe+2].[Fe+2]. The molecule has 0 amide bonds. The van der Waals surface area contributed by atoms with Gasteiger partial charge < -0.3 is 41.3 Å². The van der Waals surface area contributed by atoms with Crippen LogP contribution in [0.3, 0.4) is 0 Å². The van der Waals surface area contributed by atoms with E-state index in [2.05, 4.69) is 512 Å². The molecule has 0 rings (SSSR count). The Balaban J connectivity index is -0.0000000997. The van der Waals surface area contributed by atoms with Gasteiger partial charge in [-0.25, -0.2) is 56.4 Å². The van der Waals surface area contributed by atoms with E-state index in [0.717, 1.165) is 0 Å². The van der Waals surface area contributed by atoms with E-state index in [9.17, 15) is 41.3 Å². The predicted octanol–water partition coefficient (Wildman–Crippen LogP) is 43.8. The minimum atomic E-state index is -2.02. The topological polar surface area (TPSA) is 178 Å². The van der Waals surface area contributed by atoms with Gasteiger partial charge in [0.25, 0.3) is 0 Å². The van der Waals surface area contributed by atoms with Crippen LogP contribution in [0, 0.1) is 0 Å². The maximum absolute atomic E-state index is 11.1. The molecule has 0 atom stereocenters. The molecule has 0 aromatic rings. The zero-order valence-electron chi connectivity index (χ0n) is 97.4. The molecule has 0 aliphatic heterocycles. The molecule has 0 aromatic carbocycles. The maximum atomic E-state index is 11.1. The first-order chi connectivity index (χ1) is 48.9. The largest absolute Gasteiger partial charge is 2.00 e. The van der Waals surface area contributed by atoms with Crippen molar-refractivity contribution in [3.63, 3.8) is 0 Å².